The smallest absolute Gasteiger partial charge is 0.339 e. The highest BCUT2D eigenvalue weighted by molar-refractivity contribution is 7.80. The van der Waals surface area contributed by atoms with Gasteiger partial charge >= 0.3 is 5.97 Å². The molecule has 1 unspecified atom stereocenters. The highest BCUT2D eigenvalue weighted by Gasteiger charge is 2.18. The van der Waals surface area contributed by atoms with Crippen molar-refractivity contribution in [1.82, 2.24) is 10.6 Å². The number of carbonyl (C=O) groups is 2. The number of rotatable bonds is 4. The van der Waals surface area contributed by atoms with Crippen molar-refractivity contribution in [2.24, 2.45) is 5.73 Å². The van der Waals surface area contributed by atoms with Crippen molar-refractivity contribution in [3.8, 4) is 11.8 Å². The molecule has 0 radical (unpaired) electrons. The van der Waals surface area contributed by atoms with E-state index in [1.165, 1.54) is 7.11 Å². The van der Waals surface area contributed by atoms with Gasteiger partial charge in [0.2, 0.25) is 0 Å². The first-order valence-electron chi connectivity index (χ1n) is 8.17. The molecule has 0 saturated carbocycles. The average Bonchev–Trinajstić information content (AvgIpc) is 2.65. The summed E-state index contributed by atoms with van der Waals surface area (Å²) in [5, 5.41) is 6.28. The predicted octanol–water partition coefficient (Wildman–Crippen LogP) is 0.564. The first kappa shape index (κ1) is 19.3. The molecular weight excluding hydrogens is 338 g/mol. The molecule has 7 heteroatoms. The summed E-state index contributed by atoms with van der Waals surface area (Å²) < 4.78 is 4.77. The maximum Gasteiger partial charge on any atom is 0.339 e. The molecule has 134 valence electrons. The van der Waals surface area contributed by atoms with E-state index in [0.29, 0.717) is 22.4 Å². The zero-order valence-corrected chi connectivity index (χ0v) is 15.1. The Balaban J connectivity index is 2.24. The Bertz CT molecular complexity index is 691. The van der Waals surface area contributed by atoms with Crippen LogP contribution in [0.4, 0.5) is 0 Å². The van der Waals surface area contributed by atoms with Gasteiger partial charge in [0.15, 0.2) is 0 Å². The number of carbonyl (C=O) groups excluding carboxylic acids is 2. The van der Waals surface area contributed by atoms with Crippen molar-refractivity contribution in [2.45, 2.75) is 24.9 Å². The highest BCUT2D eigenvalue weighted by Crippen LogP contribution is 2.14. The van der Waals surface area contributed by atoms with Gasteiger partial charge in [-0.05, 0) is 44.1 Å². The van der Waals surface area contributed by atoms with Gasteiger partial charge in [0.05, 0.1) is 18.7 Å². The summed E-state index contributed by atoms with van der Waals surface area (Å²) in [6, 6.07) is 4.49. The molecule has 1 aliphatic rings. The van der Waals surface area contributed by atoms with Crippen LogP contribution in [0.3, 0.4) is 0 Å². The number of esters is 1. The molecule has 1 heterocycles. The van der Waals surface area contributed by atoms with E-state index in [-0.39, 0.29) is 11.9 Å². The van der Waals surface area contributed by atoms with Gasteiger partial charge in [-0.1, -0.05) is 11.8 Å². The Labute approximate surface area is 153 Å². The third kappa shape index (κ3) is 5.49. The topological polar surface area (TPSA) is 93.5 Å². The van der Waals surface area contributed by atoms with Crippen LogP contribution < -0.4 is 16.4 Å². The van der Waals surface area contributed by atoms with E-state index < -0.39 is 12.0 Å². The van der Waals surface area contributed by atoms with Gasteiger partial charge in [0.1, 0.15) is 0 Å². The fourth-order valence-corrected chi connectivity index (χ4v) is 2.62. The monoisotopic (exact) mass is 361 g/mol. The average molecular weight is 361 g/mol. The van der Waals surface area contributed by atoms with Crippen LogP contribution in [0, 0.1) is 11.8 Å². The Kier molecular flexibility index (Phi) is 7.31. The summed E-state index contributed by atoms with van der Waals surface area (Å²) in [7, 11) is 1.30. The molecule has 1 saturated heterocycles. The fraction of sp³-hybridized carbons (Fsp3) is 0.444. The maximum atomic E-state index is 12.5. The first-order chi connectivity index (χ1) is 12.0. The fourth-order valence-electron chi connectivity index (χ4n) is 2.53. The molecule has 0 aromatic heterocycles. The molecule has 6 nitrogen and oxygen atoms in total. The van der Waals surface area contributed by atoms with E-state index >= 15 is 0 Å². The largest absolute Gasteiger partial charge is 0.465 e. The number of benzene rings is 1. The van der Waals surface area contributed by atoms with Gasteiger partial charge in [-0.2, -0.15) is 12.6 Å². The van der Waals surface area contributed by atoms with Gasteiger partial charge in [-0.25, -0.2) is 4.79 Å². The van der Waals surface area contributed by atoms with Crippen LogP contribution in [-0.4, -0.2) is 49.9 Å². The summed E-state index contributed by atoms with van der Waals surface area (Å²) in [5.41, 5.74) is 6.93. The number of thiol groups is 1. The van der Waals surface area contributed by atoms with Crippen LogP contribution >= 0.6 is 12.6 Å². The molecule has 0 bridgehead atoms. The number of ether oxygens (including phenoxy) is 1. The number of methoxy groups -OCH3 is 1. The molecular formula is C18H23N3O3S. The summed E-state index contributed by atoms with van der Waals surface area (Å²) in [5.74, 6) is 5.40. The summed E-state index contributed by atoms with van der Waals surface area (Å²) in [6.45, 7) is 1.79. The van der Waals surface area contributed by atoms with Crippen molar-refractivity contribution >= 4 is 24.5 Å². The van der Waals surface area contributed by atoms with E-state index in [1.807, 2.05) is 0 Å². The zero-order valence-electron chi connectivity index (χ0n) is 14.2. The number of hydrogen-bond acceptors (Lipinski definition) is 6. The second kappa shape index (κ2) is 9.47. The van der Waals surface area contributed by atoms with Crippen LogP contribution in [-0.2, 0) is 4.74 Å². The van der Waals surface area contributed by atoms with Crippen molar-refractivity contribution in [1.29, 1.82) is 0 Å². The second-order valence-electron chi connectivity index (χ2n) is 5.81. The lowest BCUT2D eigenvalue weighted by Gasteiger charge is -2.23. The van der Waals surface area contributed by atoms with Gasteiger partial charge < -0.3 is 21.1 Å². The van der Waals surface area contributed by atoms with Crippen LogP contribution in [0.2, 0.25) is 0 Å². The van der Waals surface area contributed by atoms with Crippen LogP contribution in [0.25, 0.3) is 0 Å². The van der Waals surface area contributed by atoms with Crippen LogP contribution in [0.5, 0.6) is 0 Å². The molecule has 1 fully saturated rings. The Morgan fingerprint density at radius 1 is 1.44 bits per heavy atom. The quantitative estimate of drug-likeness (QED) is 0.357. The lowest BCUT2D eigenvalue weighted by Crippen LogP contribution is -2.42. The SMILES string of the molecule is COC(=O)c1ccc(C(=O)NC2CCNCC2)cc1C#CC(N)CS. The normalized spacial score (nSPS) is 15.6. The molecule has 2 rings (SSSR count). The van der Waals surface area contributed by atoms with E-state index in [2.05, 4.69) is 35.1 Å². The summed E-state index contributed by atoms with van der Waals surface area (Å²) in [4.78, 5) is 24.4. The minimum Gasteiger partial charge on any atom is -0.465 e. The van der Waals surface area contributed by atoms with Gasteiger partial charge in [0, 0.05) is 22.9 Å². The van der Waals surface area contributed by atoms with Crippen molar-refractivity contribution < 1.29 is 14.3 Å². The summed E-state index contributed by atoms with van der Waals surface area (Å²) >= 11 is 4.09. The number of nitrogens with one attached hydrogen (secondary N) is 2. The standard InChI is InChI=1S/C18H23N3O3S/c1-24-18(23)16-5-3-13(10-12(16)2-4-14(19)11-25)17(22)21-15-6-8-20-9-7-15/h3,5,10,14-15,20,25H,6-9,11,19H2,1H3,(H,21,22). The second-order valence-corrected chi connectivity index (χ2v) is 6.17. The Hall–Kier alpha value is -2.01. The van der Waals surface area contributed by atoms with E-state index in [4.69, 9.17) is 10.5 Å². The Morgan fingerprint density at radius 2 is 2.16 bits per heavy atom. The third-order valence-corrected chi connectivity index (χ3v) is 4.34. The minimum atomic E-state index is -0.506. The van der Waals surface area contributed by atoms with E-state index in [1.54, 1.807) is 18.2 Å². The molecule has 0 spiro atoms. The van der Waals surface area contributed by atoms with E-state index in [0.717, 1.165) is 25.9 Å². The number of amides is 1. The van der Waals surface area contributed by atoms with Crippen molar-refractivity contribution in [3.63, 3.8) is 0 Å². The van der Waals surface area contributed by atoms with Crippen LogP contribution in [0.1, 0.15) is 39.1 Å². The molecule has 0 aliphatic carbocycles. The molecule has 1 aromatic rings. The molecule has 4 N–H and O–H groups in total. The minimum absolute atomic E-state index is 0.154. The van der Waals surface area contributed by atoms with Crippen LogP contribution in [0.15, 0.2) is 18.2 Å². The van der Waals surface area contributed by atoms with Crippen molar-refractivity contribution in [2.75, 3.05) is 26.0 Å². The Morgan fingerprint density at radius 3 is 2.80 bits per heavy atom. The predicted molar refractivity (Wildman–Crippen MR) is 99.8 cm³/mol. The highest BCUT2D eigenvalue weighted by atomic mass is 32.1. The van der Waals surface area contributed by atoms with E-state index in [9.17, 15) is 9.59 Å². The van der Waals surface area contributed by atoms with Gasteiger partial charge in [0.25, 0.3) is 5.91 Å². The molecule has 1 amide bonds. The zero-order chi connectivity index (χ0) is 18.2. The number of piperidine rings is 1. The molecule has 1 aliphatic heterocycles. The lowest BCUT2D eigenvalue weighted by atomic mass is 10.0. The molecule has 25 heavy (non-hydrogen) atoms. The maximum absolute atomic E-state index is 12.5. The summed E-state index contributed by atoms with van der Waals surface area (Å²) in [6.07, 6.45) is 1.80. The lowest BCUT2D eigenvalue weighted by molar-refractivity contribution is 0.0600. The molecule has 1 atom stereocenters. The first-order valence-corrected chi connectivity index (χ1v) is 8.80. The molecule has 1 aromatic carbocycles. The van der Waals surface area contributed by atoms with Gasteiger partial charge in [-0.3, -0.25) is 4.79 Å². The third-order valence-electron chi connectivity index (χ3n) is 3.95. The number of hydrogen-bond donors (Lipinski definition) is 4. The number of nitrogens with two attached hydrogens (primary N) is 1. The van der Waals surface area contributed by atoms with Gasteiger partial charge in [-0.15, -0.1) is 0 Å². The van der Waals surface area contributed by atoms with Crippen molar-refractivity contribution in [3.05, 3.63) is 34.9 Å².